The smallest absolute Gasteiger partial charge is 0.305 e. The first-order valence-corrected chi connectivity index (χ1v) is 11.6. The molecule has 0 heterocycles. The van der Waals surface area contributed by atoms with Crippen molar-refractivity contribution in [2.45, 2.75) is 110 Å². The largest absolute Gasteiger partial charge is 0.469 e. The first kappa shape index (κ1) is 27.4. The number of ketones is 1. The van der Waals surface area contributed by atoms with Gasteiger partial charge in [0.1, 0.15) is 0 Å². The van der Waals surface area contributed by atoms with Crippen LogP contribution in [0.2, 0.25) is 0 Å². The van der Waals surface area contributed by atoms with Gasteiger partial charge in [-0.2, -0.15) is 0 Å². The van der Waals surface area contributed by atoms with Crippen molar-refractivity contribution in [3.05, 3.63) is 12.2 Å². The zero-order chi connectivity index (χ0) is 21.6. The minimum atomic E-state index is -0.537. The van der Waals surface area contributed by atoms with Crippen molar-refractivity contribution in [3.63, 3.8) is 0 Å². The highest BCUT2D eigenvalue weighted by atomic mass is 16.5. The summed E-state index contributed by atoms with van der Waals surface area (Å²) in [6, 6.07) is 0. The van der Waals surface area contributed by atoms with E-state index in [0.717, 1.165) is 25.7 Å². The number of Topliss-reactive ketones (excluding diaryl/α,β-unsaturated/α-hetero) is 1. The van der Waals surface area contributed by atoms with E-state index in [1.165, 1.54) is 64.9 Å². The second kappa shape index (κ2) is 21.1. The average Bonchev–Trinajstić information content (AvgIpc) is 2.73. The summed E-state index contributed by atoms with van der Waals surface area (Å²) in [6.45, 7) is 2.58. The number of unbranched alkanes of at least 4 members (excludes halogenated alkanes) is 11. The van der Waals surface area contributed by atoms with Crippen LogP contribution < -0.4 is 5.32 Å². The molecule has 5 heteroatoms. The van der Waals surface area contributed by atoms with Crippen molar-refractivity contribution < 1.29 is 19.1 Å². The quantitative estimate of drug-likeness (QED) is 0.122. The number of ether oxygens (including phenoxy) is 1. The van der Waals surface area contributed by atoms with Crippen molar-refractivity contribution in [1.82, 2.24) is 5.32 Å². The molecule has 0 aromatic heterocycles. The van der Waals surface area contributed by atoms with E-state index in [4.69, 9.17) is 0 Å². The Morgan fingerprint density at radius 3 is 1.86 bits per heavy atom. The predicted octanol–water partition coefficient (Wildman–Crippen LogP) is 5.66. The summed E-state index contributed by atoms with van der Waals surface area (Å²) in [6.07, 6.45) is 21.4. The highest BCUT2D eigenvalue weighted by molar-refractivity contribution is 6.36. The summed E-state index contributed by atoms with van der Waals surface area (Å²) in [7, 11) is 1.33. The van der Waals surface area contributed by atoms with E-state index in [1.54, 1.807) is 0 Å². The highest BCUT2D eigenvalue weighted by Crippen LogP contribution is 2.10. The van der Waals surface area contributed by atoms with Gasteiger partial charge in [-0.25, -0.2) is 0 Å². The van der Waals surface area contributed by atoms with Crippen LogP contribution in [0.1, 0.15) is 110 Å². The Morgan fingerprint density at radius 1 is 0.724 bits per heavy atom. The summed E-state index contributed by atoms with van der Waals surface area (Å²) in [5.41, 5.74) is 0. The van der Waals surface area contributed by atoms with Gasteiger partial charge in [0.05, 0.1) is 7.11 Å². The molecule has 0 aliphatic heterocycles. The molecule has 1 N–H and O–H groups in total. The van der Waals surface area contributed by atoms with Crippen molar-refractivity contribution in [2.24, 2.45) is 0 Å². The van der Waals surface area contributed by atoms with Crippen LogP contribution in [0.4, 0.5) is 0 Å². The monoisotopic (exact) mass is 409 g/mol. The van der Waals surface area contributed by atoms with E-state index in [0.29, 0.717) is 19.4 Å². The molecule has 0 aliphatic rings. The van der Waals surface area contributed by atoms with E-state index in [9.17, 15) is 14.4 Å². The van der Waals surface area contributed by atoms with Crippen LogP contribution in [0.3, 0.4) is 0 Å². The molecular formula is C24H43NO4. The lowest BCUT2D eigenvalue weighted by Crippen LogP contribution is -2.31. The lowest BCUT2D eigenvalue weighted by molar-refractivity contribution is -0.141. The van der Waals surface area contributed by atoms with E-state index < -0.39 is 5.91 Å². The van der Waals surface area contributed by atoms with Crippen molar-refractivity contribution in [1.29, 1.82) is 0 Å². The third-order valence-corrected chi connectivity index (χ3v) is 4.99. The number of carbonyl (C=O) groups excluding carboxylic acids is 3. The fraction of sp³-hybridized carbons (Fsp3) is 0.792. The van der Waals surface area contributed by atoms with Gasteiger partial charge in [0.15, 0.2) is 0 Å². The van der Waals surface area contributed by atoms with Crippen molar-refractivity contribution in [3.8, 4) is 0 Å². The number of rotatable bonds is 20. The molecule has 0 spiro atoms. The second-order valence-electron chi connectivity index (χ2n) is 7.69. The fourth-order valence-electron chi connectivity index (χ4n) is 3.11. The Bertz CT molecular complexity index is 460. The molecule has 5 nitrogen and oxygen atoms in total. The van der Waals surface area contributed by atoms with Crippen LogP contribution in [0.15, 0.2) is 12.2 Å². The van der Waals surface area contributed by atoms with Gasteiger partial charge in [-0.3, -0.25) is 14.4 Å². The average molecular weight is 410 g/mol. The second-order valence-corrected chi connectivity index (χ2v) is 7.69. The summed E-state index contributed by atoms with van der Waals surface area (Å²) >= 11 is 0. The van der Waals surface area contributed by atoms with Crippen LogP contribution >= 0.6 is 0 Å². The molecule has 0 saturated heterocycles. The van der Waals surface area contributed by atoms with Crippen LogP contribution in [-0.2, 0) is 19.1 Å². The lowest BCUT2D eigenvalue weighted by atomic mass is 10.1. The van der Waals surface area contributed by atoms with Gasteiger partial charge in [0.2, 0.25) is 5.78 Å². The number of methoxy groups -OCH3 is 1. The number of nitrogens with one attached hydrogen (secondary N) is 1. The summed E-state index contributed by atoms with van der Waals surface area (Å²) in [5.74, 6) is -1.20. The van der Waals surface area contributed by atoms with Gasteiger partial charge >= 0.3 is 5.97 Å². The van der Waals surface area contributed by atoms with Crippen molar-refractivity contribution in [2.75, 3.05) is 13.7 Å². The maximum Gasteiger partial charge on any atom is 0.305 e. The molecule has 0 aromatic carbocycles. The first-order chi connectivity index (χ1) is 14.1. The van der Waals surface area contributed by atoms with Gasteiger partial charge < -0.3 is 10.1 Å². The molecule has 0 unspecified atom stereocenters. The van der Waals surface area contributed by atoms with Gasteiger partial charge in [-0.1, -0.05) is 70.4 Å². The fourth-order valence-corrected chi connectivity index (χ4v) is 3.11. The predicted molar refractivity (Wildman–Crippen MR) is 119 cm³/mol. The number of hydrogen-bond donors (Lipinski definition) is 1. The molecule has 0 radical (unpaired) electrons. The molecule has 0 bridgehead atoms. The van der Waals surface area contributed by atoms with Crippen LogP contribution in [0.25, 0.3) is 0 Å². The molecule has 1 amide bonds. The molecule has 0 saturated carbocycles. The van der Waals surface area contributed by atoms with Crippen molar-refractivity contribution >= 4 is 17.7 Å². The third-order valence-electron chi connectivity index (χ3n) is 4.99. The lowest BCUT2D eigenvalue weighted by Gasteiger charge is -2.04. The zero-order valence-electron chi connectivity index (χ0n) is 18.8. The maximum atomic E-state index is 11.7. The molecule has 0 aliphatic carbocycles. The number of esters is 1. The Morgan fingerprint density at radius 2 is 1.28 bits per heavy atom. The van der Waals surface area contributed by atoms with Crippen LogP contribution in [-0.4, -0.2) is 31.3 Å². The Labute approximate surface area is 178 Å². The van der Waals surface area contributed by atoms with Gasteiger partial charge in [0.25, 0.3) is 5.91 Å². The van der Waals surface area contributed by atoms with Gasteiger partial charge in [0, 0.05) is 19.4 Å². The molecule has 0 aromatic rings. The Balaban J connectivity index is 3.40. The number of hydrogen-bond acceptors (Lipinski definition) is 4. The van der Waals surface area contributed by atoms with Crippen LogP contribution in [0.5, 0.6) is 0 Å². The first-order valence-electron chi connectivity index (χ1n) is 11.6. The normalized spacial score (nSPS) is 11.0. The Kier molecular flexibility index (Phi) is 19.9. The van der Waals surface area contributed by atoms with E-state index in [-0.39, 0.29) is 18.2 Å². The minimum absolute atomic E-state index is 0.249. The SMILES string of the molecule is CCCCCCCC/C=C\CCCCCCCC(=O)C(=O)NCCCC(=O)OC. The van der Waals surface area contributed by atoms with Gasteiger partial charge in [-0.15, -0.1) is 0 Å². The zero-order valence-corrected chi connectivity index (χ0v) is 18.8. The number of allylic oxidation sites excluding steroid dienone is 2. The van der Waals surface area contributed by atoms with E-state index in [2.05, 4.69) is 29.1 Å². The molecule has 29 heavy (non-hydrogen) atoms. The summed E-state index contributed by atoms with van der Waals surface area (Å²) in [4.78, 5) is 34.4. The molecule has 0 fully saturated rings. The summed E-state index contributed by atoms with van der Waals surface area (Å²) < 4.78 is 4.52. The van der Waals surface area contributed by atoms with E-state index in [1.807, 2.05) is 0 Å². The Hall–Kier alpha value is -1.65. The van der Waals surface area contributed by atoms with Gasteiger partial charge in [-0.05, 0) is 38.5 Å². The topological polar surface area (TPSA) is 72.5 Å². The van der Waals surface area contributed by atoms with Crippen LogP contribution in [0, 0.1) is 0 Å². The standard InChI is InChI=1S/C24H43NO4/c1-3-4-5-6-7-8-9-10-11-12-13-14-15-16-17-19-22(26)24(28)25-21-18-20-23(27)29-2/h10-11H,3-9,12-21H2,1-2H3,(H,25,28)/b11-10-. The highest BCUT2D eigenvalue weighted by Gasteiger charge is 2.12. The molecule has 168 valence electrons. The maximum absolute atomic E-state index is 11.7. The third kappa shape index (κ3) is 19.4. The number of amides is 1. The molecule has 0 rings (SSSR count). The molecule has 0 atom stereocenters. The number of carbonyl (C=O) groups is 3. The minimum Gasteiger partial charge on any atom is -0.469 e. The molecular weight excluding hydrogens is 366 g/mol. The van der Waals surface area contributed by atoms with E-state index >= 15 is 0 Å². The summed E-state index contributed by atoms with van der Waals surface area (Å²) in [5, 5.41) is 2.56.